The fourth-order valence-corrected chi connectivity index (χ4v) is 6.31. The molecule has 1 atom stereocenters. The summed E-state index contributed by atoms with van der Waals surface area (Å²) in [6.07, 6.45) is 1.16. The summed E-state index contributed by atoms with van der Waals surface area (Å²) < 4.78 is 32.4. The van der Waals surface area contributed by atoms with Crippen LogP contribution in [0.5, 0.6) is 5.75 Å². The van der Waals surface area contributed by atoms with E-state index in [-0.39, 0.29) is 23.2 Å². The van der Waals surface area contributed by atoms with Crippen LogP contribution in [0.3, 0.4) is 0 Å². The van der Waals surface area contributed by atoms with Crippen molar-refractivity contribution >= 4 is 50.5 Å². The average Bonchev–Trinajstić information content (AvgIpc) is 3.29. The number of thiophene rings is 1. The zero-order chi connectivity index (χ0) is 22.6. The van der Waals surface area contributed by atoms with Gasteiger partial charge in [0.15, 0.2) is 0 Å². The number of carbonyl (C=O) groups excluding carboxylic acids is 2. The number of anilines is 1. The number of rotatable bonds is 7. The maximum absolute atomic E-state index is 12.9. The average molecular weight is 486 g/mol. The van der Waals surface area contributed by atoms with Crippen molar-refractivity contribution in [3.05, 3.63) is 40.7 Å². The van der Waals surface area contributed by atoms with Gasteiger partial charge in [-0.25, -0.2) is 8.42 Å². The molecule has 8 nitrogen and oxygen atoms in total. The van der Waals surface area contributed by atoms with Crippen molar-refractivity contribution in [1.82, 2.24) is 9.21 Å². The van der Waals surface area contributed by atoms with Crippen LogP contribution < -0.4 is 10.1 Å². The van der Waals surface area contributed by atoms with Crippen LogP contribution in [-0.4, -0.2) is 63.2 Å². The van der Waals surface area contributed by atoms with Gasteiger partial charge in [0.1, 0.15) is 9.96 Å². The number of carbonyl (C=O) groups is 2. The Labute approximate surface area is 190 Å². The van der Waals surface area contributed by atoms with Crippen molar-refractivity contribution in [2.24, 2.45) is 5.92 Å². The maximum atomic E-state index is 12.9. The Hall–Kier alpha value is -2.14. The quantitative estimate of drug-likeness (QED) is 0.650. The molecule has 1 aromatic carbocycles. The van der Waals surface area contributed by atoms with Crippen LogP contribution in [0, 0.1) is 5.92 Å². The van der Waals surface area contributed by atoms with Gasteiger partial charge < -0.3 is 15.0 Å². The van der Waals surface area contributed by atoms with Gasteiger partial charge in [-0.1, -0.05) is 17.7 Å². The number of halogens is 1. The van der Waals surface area contributed by atoms with Crippen LogP contribution in [0.4, 0.5) is 5.69 Å². The first-order chi connectivity index (χ1) is 14.7. The van der Waals surface area contributed by atoms with E-state index in [1.54, 1.807) is 35.7 Å². The predicted octanol–water partition coefficient (Wildman–Crippen LogP) is 2.91. The second kappa shape index (κ2) is 9.99. The highest BCUT2D eigenvalue weighted by atomic mass is 35.5. The number of likely N-dealkylation sites (N-methyl/N-ethyl adjacent to an activating group) is 1. The minimum absolute atomic E-state index is 0.104. The maximum Gasteiger partial charge on any atom is 0.252 e. The van der Waals surface area contributed by atoms with Gasteiger partial charge in [0, 0.05) is 25.2 Å². The highest BCUT2D eigenvalue weighted by molar-refractivity contribution is 7.91. The van der Waals surface area contributed by atoms with E-state index in [0.29, 0.717) is 35.8 Å². The number of amides is 2. The summed E-state index contributed by atoms with van der Waals surface area (Å²) in [5.41, 5.74) is 0.409. The minimum atomic E-state index is -3.61. The summed E-state index contributed by atoms with van der Waals surface area (Å²) in [6.45, 7) is 0.304. The highest BCUT2D eigenvalue weighted by Gasteiger charge is 2.35. The molecule has 0 spiro atoms. The van der Waals surface area contributed by atoms with Crippen LogP contribution in [0.2, 0.25) is 5.02 Å². The predicted molar refractivity (Wildman–Crippen MR) is 120 cm³/mol. The first-order valence-corrected chi connectivity index (χ1v) is 12.3. The third-order valence-electron chi connectivity index (χ3n) is 5.02. The summed E-state index contributed by atoms with van der Waals surface area (Å²) in [7, 11) is -0.600. The summed E-state index contributed by atoms with van der Waals surface area (Å²) in [5.74, 6) is -0.718. The normalized spacial score (nSPS) is 17.2. The second-order valence-electron chi connectivity index (χ2n) is 7.22. The number of ether oxygens (including phenoxy) is 1. The fourth-order valence-electron chi connectivity index (χ4n) is 3.47. The largest absolute Gasteiger partial charge is 0.495 e. The molecule has 31 heavy (non-hydrogen) atoms. The smallest absolute Gasteiger partial charge is 0.252 e. The van der Waals surface area contributed by atoms with Gasteiger partial charge in [-0.3, -0.25) is 9.59 Å². The molecule has 1 N–H and O–H groups in total. The first-order valence-electron chi connectivity index (χ1n) is 9.64. The van der Waals surface area contributed by atoms with Crippen LogP contribution in [0.15, 0.2) is 39.9 Å². The Morgan fingerprint density at radius 3 is 2.81 bits per heavy atom. The molecule has 11 heteroatoms. The monoisotopic (exact) mass is 485 g/mol. The molecule has 0 bridgehead atoms. The SMILES string of the molecule is COc1ccc(Cl)cc1NC(=O)CN(C)C(=O)C1CCCN(S(=O)(=O)c2cccs2)C1. The van der Waals surface area contributed by atoms with Crippen molar-refractivity contribution in [3.63, 3.8) is 0 Å². The van der Waals surface area contributed by atoms with Crippen molar-refractivity contribution in [3.8, 4) is 5.75 Å². The fraction of sp³-hybridized carbons (Fsp3) is 0.400. The van der Waals surface area contributed by atoms with Gasteiger partial charge in [0.05, 0.1) is 25.3 Å². The number of methoxy groups -OCH3 is 1. The molecule has 2 aromatic rings. The van der Waals surface area contributed by atoms with Crippen LogP contribution in [0.1, 0.15) is 12.8 Å². The molecule has 0 aliphatic carbocycles. The highest BCUT2D eigenvalue weighted by Crippen LogP contribution is 2.28. The van der Waals surface area contributed by atoms with Crippen LogP contribution in [-0.2, 0) is 19.6 Å². The van der Waals surface area contributed by atoms with Crippen molar-refractivity contribution in [2.75, 3.05) is 39.1 Å². The Bertz CT molecular complexity index is 1040. The molecular weight excluding hydrogens is 462 g/mol. The van der Waals surface area contributed by atoms with Gasteiger partial charge >= 0.3 is 0 Å². The first kappa shape index (κ1) is 23.5. The van der Waals surface area contributed by atoms with E-state index in [1.807, 2.05) is 0 Å². The Morgan fingerprint density at radius 2 is 2.13 bits per heavy atom. The zero-order valence-electron chi connectivity index (χ0n) is 17.2. The molecule has 168 valence electrons. The van der Waals surface area contributed by atoms with Crippen molar-refractivity contribution < 1.29 is 22.7 Å². The molecule has 1 saturated heterocycles. The molecule has 1 aliphatic rings. The van der Waals surface area contributed by atoms with Gasteiger partial charge in [-0.2, -0.15) is 4.31 Å². The Morgan fingerprint density at radius 1 is 1.35 bits per heavy atom. The van der Waals surface area contributed by atoms with Crippen LogP contribution >= 0.6 is 22.9 Å². The number of nitrogens with zero attached hydrogens (tertiary/aromatic N) is 2. The van der Waals surface area contributed by atoms with E-state index in [2.05, 4.69) is 5.32 Å². The van der Waals surface area contributed by atoms with Crippen molar-refractivity contribution in [2.45, 2.75) is 17.1 Å². The van der Waals surface area contributed by atoms with E-state index >= 15 is 0 Å². The summed E-state index contributed by atoms with van der Waals surface area (Å²) in [4.78, 5) is 26.7. The van der Waals surface area contributed by atoms with Crippen molar-refractivity contribution in [1.29, 1.82) is 0 Å². The molecule has 1 fully saturated rings. The van der Waals surface area contributed by atoms with E-state index in [4.69, 9.17) is 16.3 Å². The second-order valence-corrected chi connectivity index (χ2v) is 10.8. The van der Waals surface area contributed by atoms with Gasteiger partial charge in [-0.05, 0) is 42.5 Å². The van der Waals surface area contributed by atoms with E-state index < -0.39 is 21.8 Å². The molecule has 0 radical (unpaired) electrons. The standard InChI is InChI=1S/C20H24ClN3O5S2/c1-23(13-18(25)22-16-11-15(21)7-8-17(16)29-2)20(26)14-5-3-9-24(12-14)31(27,28)19-6-4-10-30-19/h4,6-8,10-11,14H,3,5,9,12-13H2,1-2H3,(H,22,25). The van der Waals surface area contributed by atoms with Crippen LogP contribution in [0.25, 0.3) is 0 Å². The third kappa shape index (κ3) is 5.57. The topological polar surface area (TPSA) is 96.0 Å². The van der Waals surface area contributed by atoms with Gasteiger partial charge in [0.2, 0.25) is 11.8 Å². The number of piperidine rings is 1. The third-order valence-corrected chi connectivity index (χ3v) is 8.49. The lowest BCUT2D eigenvalue weighted by molar-refractivity contribution is -0.138. The van der Waals surface area contributed by atoms with E-state index in [0.717, 1.165) is 11.3 Å². The minimum Gasteiger partial charge on any atom is -0.495 e. The van der Waals surface area contributed by atoms with E-state index in [1.165, 1.54) is 23.4 Å². The molecule has 2 amide bonds. The molecule has 1 aromatic heterocycles. The Kier molecular flexibility index (Phi) is 7.58. The molecule has 3 rings (SSSR count). The molecule has 0 saturated carbocycles. The molecule has 1 aliphatic heterocycles. The number of sulfonamides is 1. The number of nitrogens with one attached hydrogen (secondary N) is 1. The molecular formula is C20H24ClN3O5S2. The summed E-state index contributed by atoms with van der Waals surface area (Å²) >= 11 is 7.13. The summed E-state index contributed by atoms with van der Waals surface area (Å²) in [6, 6.07) is 8.09. The molecule has 1 unspecified atom stereocenters. The zero-order valence-corrected chi connectivity index (χ0v) is 19.6. The number of hydrogen-bond donors (Lipinski definition) is 1. The van der Waals surface area contributed by atoms with Gasteiger partial charge in [-0.15, -0.1) is 11.3 Å². The van der Waals surface area contributed by atoms with Gasteiger partial charge in [0.25, 0.3) is 10.0 Å². The lowest BCUT2D eigenvalue weighted by Crippen LogP contribution is -2.47. The molecule has 2 heterocycles. The number of hydrogen-bond acceptors (Lipinski definition) is 6. The Balaban J connectivity index is 1.62. The lowest BCUT2D eigenvalue weighted by atomic mass is 9.98. The summed E-state index contributed by atoms with van der Waals surface area (Å²) in [5, 5.41) is 4.84. The van der Waals surface area contributed by atoms with E-state index in [9.17, 15) is 18.0 Å². The number of benzene rings is 1. The lowest BCUT2D eigenvalue weighted by Gasteiger charge is -2.32.